The van der Waals surface area contributed by atoms with Gasteiger partial charge in [0.2, 0.25) is 5.91 Å². The molecule has 2 aromatic carbocycles. The van der Waals surface area contributed by atoms with Gasteiger partial charge in [0, 0.05) is 12.3 Å². The van der Waals surface area contributed by atoms with Crippen LogP contribution in [0.2, 0.25) is 0 Å². The zero-order valence-corrected chi connectivity index (χ0v) is 13.9. The lowest BCUT2D eigenvalue weighted by atomic mass is 9.95. The monoisotopic (exact) mass is 335 g/mol. The van der Waals surface area contributed by atoms with Gasteiger partial charge in [0.15, 0.2) is 0 Å². The van der Waals surface area contributed by atoms with Crippen molar-refractivity contribution in [3.05, 3.63) is 65.7 Å². The molecule has 0 atom stereocenters. The van der Waals surface area contributed by atoms with E-state index in [1.807, 2.05) is 30.3 Å². The van der Waals surface area contributed by atoms with Crippen molar-refractivity contribution in [1.29, 1.82) is 0 Å². The molecule has 122 valence electrons. The Balaban J connectivity index is 1.94. The third-order valence-electron chi connectivity index (χ3n) is 3.41. The first kappa shape index (κ1) is 17.5. The average molecular weight is 335 g/mol. The number of benzene rings is 2. The molecule has 0 aliphatic rings. The highest BCUT2D eigenvalue weighted by Crippen LogP contribution is 2.31. The summed E-state index contributed by atoms with van der Waals surface area (Å²) in [5, 5.41) is 2.86. The minimum Gasteiger partial charge on any atom is -0.352 e. The van der Waals surface area contributed by atoms with Crippen LogP contribution in [-0.2, 0) is 11.3 Å². The van der Waals surface area contributed by atoms with Crippen LogP contribution < -0.4 is 5.32 Å². The van der Waals surface area contributed by atoms with Gasteiger partial charge < -0.3 is 5.32 Å². The number of nitrogens with one attached hydrogen (secondary N) is 1. The largest absolute Gasteiger partial charge is 0.352 e. The van der Waals surface area contributed by atoms with Gasteiger partial charge in [-0.2, -0.15) is 0 Å². The predicted octanol–water partition coefficient (Wildman–Crippen LogP) is 4.40. The third-order valence-corrected chi connectivity index (χ3v) is 4.95. The molecule has 1 N–H and O–H groups in total. The number of amides is 1. The van der Waals surface area contributed by atoms with Crippen molar-refractivity contribution in [3.63, 3.8) is 0 Å². The molecule has 1 amide bonds. The highest BCUT2D eigenvalue weighted by molar-refractivity contribution is 7.99. The molecule has 0 bridgehead atoms. The van der Waals surface area contributed by atoms with E-state index in [0.29, 0.717) is 6.54 Å². The van der Waals surface area contributed by atoms with Crippen LogP contribution in [0, 0.1) is 17.0 Å². The zero-order valence-electron chi connectivity index (χ0n) is 13.1. The summed E-state index contributed by atoms with van der Waals surface area (Å²) in [4.78, 5) is 12.3. The van der Waals surface area contributed by atoms with Gasteiger partial charge in [-0.15, -0.1) is 11.8 Å². The second-order valence-corrected chi connectivity index (χ2v) is 6.88. The maximum Gasteiger partial charge on any atom is 0.226 e. The Bertz CT molecular complexity index is 654. The number of rotatable bonds is 6. The van der Waals surface area contributed by atoms with Crippen molar-refractivity contribution >= 4 is 17.7 Å². The fraction of sp³-hybridized carbons (Fsp3) is 0.278. The lowest BCUT2D eigenvalue weighted by Crippen LogP contribution is -2.38. The zero-order chi connectivity index (χ0) is 16.9. The van der Waals surface area contributed by atoms with Gasteiger partial charge in [-0.25, -0.2) is 8.78 Å². The molecule has 0 saturated heterocycles. The number of halogens is 2. The summed E-state index contributed by atoms with van der Waals surface area (Å²) in [5.41, 5.74) is 0.262. The van der Waals surface area contributed by atoms with E-state index in [1.54, 1.807) is 13.8 Å². The van der Waals surface area contributed by atoms with Gasteiger partial charge in [0.1, 0.15) is 11.6 Å². The van der Waals surface area contributed by atoms with Crippen LogP contribution in [0.15, 0.2) is 53.4 Å². The summed E-state index contributed by atoms with van der Waals surface area (Å²) in [6.07, 6.45) is 0. The van der Waals surface area contributed by atoms with Gasteiger partial charge in [0.05, 0.1) is 10.3 Å². The fourth-order valence-corrected chi connectivity index (χ4v) is 3.00. The van der Waals surface area contributed by atoms with Crippen LogP contribution >= 0.6 is 11.8 Å². The Hall–Kier alpha value is -1.88. The number of hydrogen-bond donors (Lipinski definition) is 1. The maximum atomic E-state index is 13.6. The number of carbonyl (C=O) groups is 1. The number of hydrogen-bond acceptors (Lipinski definition) is 2. The van der Waals surface area contributed by atoms with Gasteiger partial charge in [0.25, 0.3) is 0 Å². The lowest BCUT2D eigenvalue weighted by Gasteiger charge is -2.23. The quantitative estimate of drug-likeness (QED) is 0.793. The molecule has 0 aliphatic carbocycles. The SMILES string of the molecule is CC(C)(CSc1c(F)cccc1F)C(=O)NCc1ccccc1. The molecule has 0 saturated carbocycles. The third kappa shape index (κ3) is 4.79. The van der Waals surface area contributed by atoms with Crippen LogP contribution in [-0.4, -0.2) is 11.7 Å². The first-order chi connectivity index (χ1) is 10.9. The molecule has 2 rings (SSSR count). The van der Waals surface area contributed by atoms with Gasteiger partial charge in [-0.1, -0.05) is 50.2 Å². The van der Waals surface area contributed by atoms with Crippen LogP contribution in [0.5, 0.6) is 0 Å². The van der Waals surface area contributed by atoms with E-state index in [9.17, 15) is 13.6 Å². The van der Waals surface area contributed by atoms with E-state index in [4.69, 9.17) is 0 Å². The summed E-state index contributed by atoms with van der Waals surface area (Å²) in [6.45, 7) is 3.96. The van der Waals surface area contributed by atoms with E-state index in [0.717, 1.165) is 17.3 Å². The van der Waals surface area contributed by atoms with Crippen LogP contribution in [0.3, 0.4) is 0 Å². The standard InChI is InChI=1S/C18H19F2NOS/c1-18(2,12-23-16-14(19)9-6-10-15(16)20)17(22)21-11-13-7-4-3-5-8-13/h3-10H,11-12H2,1-2H3,(H,21,22). The highest BCUT2D eigenvalue weighted by atomic mass is 32.2. The molecular formula is C18H19F2NOS. The molecule has 0 spiro atoms. The van der Waals surface area contributed by atoms with Crippen LogP contribution in [0.25, 0.3) is 0 Å². The normalized spacial score (nSPS) is 11.3. The van der Waals surface area contributed by atoms with E-state index < -0.39 is 17.0 Å². The average Bonchev–Trinajstić information content (AvgIpc) is 2.53. The minimum atomic E-state index is -0.742. The highest BCUT2D eigenvalue weighted by Gasteiger charge is 2.28. The molecular weight excluding hydrogens is 316 g/mol. The second kappa shape index (κ2) is 7.59. The maximum absolute atomic E-state index is 13.6. The molecule has 0 radical (unpaired) electrons. The van der Waals surface area contributed by atoms with Crippen molar-refractivity contribution in [2.45, 2.75) is 25.3 Å². The van der Waals surface area contributed by atoms with Crippen molar-refractivity contribution in [2.75, 3.05) is 5.75 Å². The van der Waals surface area contributed by atoms with E-state index in [-0.39, 0.29) is 16.6 Å². The fourth-order valence-electron chi connectivity index (χ4n) is 1.96. The Morgan fingerprint density at radius 1 is 1.04 bits per heavy atom. The van der Waals surface area contributed by atoms with Crippen molar-refractivity contribution in [2.24, 2.45) is 5.41 Å². The Labute approximate surface area is 139 Å². The molecule has 0 fully saturated rings. The first-order valence-electron chi connectivity index (χ1n) is 7.29. The van der Waals surface area contributed by atoms with E-state index >= 15 is 0 Å². The summed E-state index contributed by atoms with van der Waals surface area (Å²) in [7, 11) is 0. The van der Waals surface area contributed by atoms with Crippen molar-refractivity contribution in [3.8, 4) is 0 Å². The molecule has 23 heavy (non-hydrogen) atoms. The summed E-state index contributed by atoms with van der Waals surface area (Å²) >= 11 is 1.02. The van der Waals surface area contributed by atoms with Crippen LogP contribution in [0.1, 0.15) is 19.4 Å². The Kier molecular flexibility index (Phi) is 5.77. The van der Waals surface area contributed by atoms with Gasteiger partial charge >= 0.3 is 0 Å². The van der Waals surface area contributed by atoms with Crippen molar-refractivity contribution < 1.29 is 13.6 Å². The predicted molar refractivity (Wildman–Crippen MR) is 89.2 cm³/mol. The number of thioether (sulfide) groups is 1. The molecule has 0 heterocycles. The van der Waals surface area contributed by atoms with Crippen LogP contribution in [0.4, 0.5) is 8.78 Å². The number of carbonyl (C=O) groups excluding carboxylic acids is 1. The summed E-state index contributed by atoms with van der Waals surface area (Å²) in [6, 6.07) is 13.3. The van der Waals surface area contributed by atoms with E-state index in [1.165, 1.54) is 18.2 Å². The van der Waals surface area contributed by atoms with Crippen molar-refractivity contribution in [1.82, 2.24) is 5.32 Å². The molecule has 2 aromatic rings. The topological polar surface area (TPSA) is 29.1 Å². The molecule has 0 aromatic heterocycles. The minimum absolute atomic E-state index is 0.0450. The summed E-state index contributed by atoms with van der Waals surface area (Å²) in [5.74, 6) is -1.07. The Morgan fingerprint density at radius 2 is 1.65 bits per heavy atom. The van der Waals surface area contributed by atoms with Gasteiger partial charge in [-0.3, -0.25) is 4.79 Å². The Morgan fingerprint density at radius 3 is 2.26 bits per heavy atom. The lowest BCUT2D eigenvalue weighted by molar-refractivity contribution is -0.128. The second-order valence-electron chi connectivity index (χ2n) is 5.89. The first-order valence-corrected chi connectivity index (χ1v) is 8.28. The van der Waals surface area contributed by atoms with E-state index in [2.05, 4.69) is 5.32 Å². The summed E-state index contributed by atoms with van der Waals surface area (Å²) < 4.78 is 27.3. The smallest absolute Gasteiger partial charge is 0.226 e. The molecule has 0 unspecified atom stereocenters. The molecule has 5 heteroatoms. The molecule has 0 aliphatic heterocycles. The van der Waals surface area contributed by atoms with Gasteiger partial charge in [-0.05, 0) is 17.7 Å². The molecule has 2 nitrogen and oxygen atoms in total.